The molecule has 0 atom stereocenters. The second kappa shape index (κ2) is 6.45. The van der Waals surface area contributed by atoms with E-state index in [1.807, 2.05) is 35.9 Å². The number of fused-ring (bicyclic) bond motifs is 1. The van der Waals surface area contributed by atoms with Gasteiger partial charge in [-0.2, -0.15) is 0 Å². The molecule has 1 aromatic heterocycles. The van der Waals surface area contributed by atoms with Crippen LogP contribution in [0.5, 0.6) is 11.5 Å². The van der Waals surface area contributed by atoms with Crippen LogP contribution in [-0.2, 0) is 11.8 Å². The SMILES string of the molecule is COc1ccc(/C=C/C(=O)Nc2nc3ccccc3n2C)cc1O. The predicted molar refractivity (Wildman–Crippen MR) is 93.0 cm³/mol. The Balaban J connectivity index is 1.75. The van der Waals surface area contributed by atoms with Crippen molar-refractivity contribution in [2.24, 2.45) is 7.05 Å². The van der Waals surface area contributed by atoms with Crippen LogP contribution < -0.4 is 10.1 Å². The second-order valence-corrected chi connectivity index (χ2v) is 5.24. The average molecular weight is 323 g/mol. The number of phenols is 1. The normalized spacial score (nSPS) is 11.1. The molecule has 0 spiro atoms. The number of hydrogen-bond acceptors (Lipinski definition) is 4. The van der Waals surface area contributed by atoms with Gasteiger partial charge in [0.05, 0.1) is 18.1 Å². The van der Waals surface area contributed by atoms with Gasteiger partial charge in [-0.3, -0.25) is 10.1 Å². The number of rotatable bonds is 4. The van der Waals surface area contributed by atoms with Crippen LogP contribution >= 0.6 is 0 Å². The average Bonchev–Trinajstić information content (AvgIpc) is 2.89. The summed E-state index contributed by atoms with van der Waals surface area (Å²) >= 11 is 0. The lowest BCUT2D eigenvalue weighted by molar-refractivity contribution is -0.111. The molecule has 1 amide bonds. The van der Waals surface area contributed by atoms with Crippen molar-refractivity contribution in [2.75, 3.05) is 12.4 Å². The van der Waals surface area contributed by atoms with E-state index in [1.54, 1.807) is 18.2 Å². The number of hydrogen-bond donors (Lipinski definition) is 2. The minimum atomic E-state index is -0.302. The van der Waals surface area contributed by atoms with Crippen molar-refractivity contribution in [3.8, 4) is 11.5 Å². The van der Waals surface area contributed by atoms with Gasteiger partial charge >= 0.3 is 0 Å². The summed E-state index contributed by atoms with van der Waals surface area (Å²) in [5.41, 5.74) is 2.45. The van der Waals surface area contributed by atoms with E-state index in [0.29, 0.717) is 17.3 Å². The molecule has 1 heterocycles. The Kier molecular flexibility index (Phi) is 4.20. The first-order valence-corrected chi connectivity index (χ1v) is 7.36. The number of amides is 1. The lowest BCUT2D eigenvalue weighted by Crippen LogP contribution is -2.11. The number of methoxy groups -OCH3 is 1. The Labute approximate surface area is 139 Å². The number of para-hydroxylation sites is 2. The Morgan fingerprint density at radius 1 is 1.29 bits per heavy atom. The van der Waals surface area contributed by atoms with E-state index in [2.05, 4.69) is 10.3 Å². The monoisotopic (exact) mass is 323 g/mol. The van der Waals surface area contributed by atoms with Gasteiger partial charge < -0.3 is 14.4 Å². The Morgan fingerprint density at radius 3 is 2.79 bits per heavy atom. The second-order valence-electron chi connectivity index (χ2n) is 5.24. The number of carbonyl (C=O) groups excluding carboxylic acids is 1. The number of aryl methyl sites for hydroxylation is 1. The van der Waals surface area contributed by atoms with Crippen LogP contribution in [0.25, 0.3) is 17.1 Å². The number of aromatic nitrogens is 2. The van der Waals surface area contributed by atoms with Gasteiger partial charge in [-0.15, -0.1) is 0 Å². The fourth-order valence-corrected chi connectivity index (χ4v) is 2.39. The third-order valence-electron chi connectivity index (χ3n) is 3.65. The Bertz CT molecular complexity index is 928. The number of phenolic OH excluding ortho intramolecular Hbond substituents is 1. The van der Waals surface area contributed by atoms with Crippen LogP contribution in [0, 0.1) is 0 Å². The van der Waals surface area contributed by atoms with E-state index in [1.165, 1.54) is 19.3 Å². The van der Waals surface area contributed by atoms with Gasteiger partial charge in [-0.05, 0) is 35.9 Å². The van der Waals surface area contributed by atoms with E-state index in [9.17, 15) is 9.90 Å². The minimum absolute atomic E-state index is 0.0235. The van der Waals surface area contributed by atoms with E-state index in [-0.39, 0.29) is 11.7 Å². The first kappa shape index (κ1) is 15.6. The molecule has 6 nitrogen and oxygen atoms in total. The number of imidazole rings is 1. The van der Waals surface area contributed by atoms with Crippen LogP contribution in [0.15, 0.2) is 48.5 Å². The molecular weight excluding hydrogens is 306 g/mol. The van der Waals surface area contributed by atoms with Crippen LogP contribution in [0.1, 0.15) is 5.56 Å². The molecule has 2 N–H and O–H groups in total. The molecule has 3 rings (SSSR count). The first-order valence-electron chi connectivity index (χ1n) is 7.36. The fourth-order valence-electron chi connectivity index (χ4n) is 2.39. The summed E-state index contributed by atoms with van der Waals surface area (Å²) in [6, 6.07) is 12.6. The van der Waals surface area contributed by atoms with Crippen LogP contribution in [0.2, 0.25) is 0 Å². The molecule has 0 aliphatic carbocycles. The predicted octanol–water partition coefficient (Wildman–Crippen LogP) is 2.94. The van der Waals surface area contributed by atoms with Crippen LogP contribution in [-0.4, -0.2) is 27.7 Å². The number of nitrogens with one attached hydrogen (secondary N) is 1. The van der Waals surface area contributed by atoms with Crippen molar-refractivity contribution in [2.45, 2.75) is 0 Å². The molecular formula is C18H17N3O3. The third-order valence-corrected chi connectivity index (χ3v) is 3.65. The summed E-state index contributed by atoms with van der Waals surface area (Å²) < 4.78 is 6.80. The summed E-state index contributed by atoms with van der Waals surface area (Å²) in [5, 5.41) is 12.5. The standard InChI is InChI=1S/C18H17N3O3/c1-21-14-6-4-3-5-13(14)19-18(21)20-17(23)10-8-12-7-9-16(24-2)15(22)11-12/h3-11,22H,1-2H3,(H,19,20,23)/b10-8+. The topological polar surface area (TPSA) is 76.4 Å². The fraction of sp³-hybridized carbons (Fsp3) is 0.111. The van der Waals surface area contributed by atoms with Crippen molar-refractivity contribution < 1.29 is 14.6 Å². The molecule has 0 saturated heterocycles. The van der Waals surface area contributed by atoms with Crippen molar-refractivity contribution >= 4 is 29.0 Å². The van der Waals surface area contributed by atoms with Crippen molar-refractivity contribution in [1.82, 2.24) is 9.55 Å². The third kappa shape index (κ3) is 3.08. The van der Waals surface area contributed by atoms with Crippen LogP contribution in [0.3, 0.4) is 0 Å². The highest BCUT2D eigenvalue weighted by molar-refractivity contribution is 6.01. The van der Waals surface area contributed by atoms with Crippen molar-refractivity contribution in [1.29, 1.82) is 0 Å². The molecule has 3 aromatic rings. The molecule has 24 heavy (non-hydrogen) atoms. The van der Waals surface area contributed by atoms with Crippen molar-refractivity contribution in [3.05, 3.63) is 54.1 Å². The zero-order chi connectivity index (χ0) is 17.1. The number of anilines is 1. The molecule has 0 aliphatic rings. The van der Waals surface area contributed by atoms with Gasteiger partial charge in [-0.25, -0.2) is 4.98 Å². The molecule has 0 unspecified atom stereocenters. The van der Waals surface area contributed by atoms with Crippen molar-refractivity contribution in [3.63, 3.8) is 0 Å². The quantitative estimate of drug-likeness (QED) is 0.724. The Hall–Kier alpha value is -3.28. The zero-order valence-electron chi connectivity index (χ0n) is 13.4. The van der Waals surface area contributed by atoms with E-state index < -0.39 is 0 Å². The summed E-state index contributed by atoms with van der Waals surface area (Å²) in [5.74, 6) is 0.582. The van der Waals surface area contributed by atoms with Gasteiger partial charge in [0.2, 0.25) is 5.95 Å². The number of ether oxygens (including phenoxy) is 1. The molecule has 0 saturated carbocycles. The maximum Gasteiger partial charge on any atom is 0.250 e. The summed E-state index contributed by atoms with van der Waals surface area (Å²) in [6.45, 7) is 0. The zero-order valence-corrected chi connectivity index (χ0v) is 13.4. The molecule has 0 aliphatic heterocycles. The smallest absolute Gasteiger partial charge is 0.250 e. The van der Waals surface area contributed by atoms with E-state index in [0.717, 1.165) is 11.0 Å². The van der Waals surface area contributed by atoms with Crippen LogP contribution in [0.4, 0.5) is 5.95 Å². The van der Waals surface area contributed by atoms with Gasteiger partial charge in [0.1, 0.15) is 0 Å². The molecule has 2 aromatic carbocycles. The largest absolute Gasteiger partial charge is 0.504 e. The maximum absolute atomic E-state index is 12.1. The van der Waals surface area contributed by atoms with Gasteiger partial charge in [0, 0.05) is 13.1 Å². The number of benzene rings is 2. The molecule has 0 fully saturated rings. The molecule has 0 radical (unpaired) electrons. The van der Waals surface area contributed by atoms with Gasteiger partial charge in [0.15, 0.2) is 11.5 Å². The highest BCUT2D eigenvalue weighted by Gasteiger charge is 2.08. The van der Waals surface area contributed by atoms with Gasteiger partial charge in [-0.1, -0.05) is 18.2 Å². The summed E-state index contributed by atoms with van der Waals surface area (Å²) in [6.07, 6.45) is 3.00. The minimum Gasteiger partial charge on any atom is -0.504 e. The highest BCUT2D eigenvalue weighted by Crippen LogP contribution is 2.26. The van der Waals surface area contributed by atoms with E-state index in [4.69, 9.17) is 4.74 Å². The van der Waals surface area contributed by atoms with E-state index >= 15 is 0 Å². The molecule has 0 bridgehead atoms. The summed E-state index contributed by atoms with van der Waals surface area (Å²) in [4.78, 5) is 16.5. The molecule has 122 valence electrons. The Morgan fingerprint density at radius 2 is 2.08 bits per heavy atom. The number of nitrogens with zero attached hydrogens (tertiary/aromatic N) is 2. The maximum atomic E-state index is 12.1. The first-order chi connectivity index (χ1) is 11.6. The lowest BCUT2D eigenvalue weighted by Gasteiger charge is -2.04. The number of carbonyl (C=O) groups is 1. The summed E-state index contributed by atoms with van der Waals surface area (Å²) in [7, 11) is 3.32. The van der Waals surface area contributed by atoms with Gasteiger partial charge in [0.25, 0.3) is 5.91 Å². The molecule has 6 heteroatoms. The highest BCUT2D eigenvalue weighted by atomic mass is 16.5. The lowest BCUT2D eigenvalue weighted by atomic mass is 10.2. The number of aromatic hydroxyl groups is 1.